The lowest BCUT2D eigenvalue weighted by molar-refractivity contribution is 0.171. The van der Waals surface area contributed by atoms with Gasteiger partial charge in [0.1, 0.15) is 0 Å². The Morgan fingerprint density at radius 2 is 1.93 bits per heavy atom. The fourth-order valence-corrected chi connectivity index (χ4v) is 1.02. The summed E-state index contributed by atoms with van der Waals surface area (Å²) in [6.07, 6.45) is 0. The number of aliphatic hydroxyl groups excluding tert-OH is 1. The molecule has 1 rings (SSSR count). The van der Waals surface area contributed by atoms with Gasteiger partial charge < -0.3 is 14.6 Å². The van der Waals surface area contributed by atoms with Crippen LogP contribution in [-0.2, 0) is 0 Å². The molecule has 1 aromatic rings. The standard InChI is InChI=1S/C11H16O3/c1-9(7-12)8-14-11-6-4-3-5-10(11)13-2/h3-6,9,12H,7-8H2,1-2H3. The Morgan fingerprint density at radius 3 is 2.50 bits per heavy atom. The van der Waals surface area contributed by atoms with Crippen LogP contribution in [0.5, 0.6) is 11.5 Å². The highest BCUT2D eigenvalue weighted by Crippen LogP contribution is 2.25. The molecular weight excluding hydrogens is 180 g/mol. The van der Waals surface area contributed by atoms with E-state index in [-0.39, 0.29) is 12.5 Å². The lowest BCUT2D eigenvalue weighted by atomic mass is 10.2. The average molecular weight is 196 g/mol. The van der Waals surface area contributed by atoms with E-state index in [1.807, 2.05) is 31.2 Å². The zero-order valence-corrected chi connectivity index (χ0v) is 8.56. The Morgan fingerprint density at radius 1 is 1.29 bits per heavy atom. The summed E-state index contributed by atoms with van der Waals surface area (Å²) in [4.78, 5) is 0. The van der Waals surface area contributed by atoms with Crippen molar-refractivity contribution in [1.82, 2.24) is 0 Å². The molecule has 0 radical (unpaired) electrons. The van der Waals surface area contributed by atoms with E-state index in [0.29, 0.717) is 6.61 Å². The van der Waals surface area contributed by atoms with Gasteiger partial charge in [-0.2, -0.15) is 0 Å². The highest BCUT2D eigenvalue weighted by molar-refractivity contribution is 5.39. The first-order valence-electron chi connectivity index (χ1n) is 4.64. The van der Waals surface area contributed by atoms with Crippen LogP contribution < -0.4 is 9.47 Å². The monoisotopic (exact) mass is 196 g/mol. The molecule has 1 atom stereocenters. The molecule has 0 bridgehead atoms. The van der Waals surface area contributed by atoms with Crippen LogP contribution in [0.1, 0.15) is 6.92 Å². The van der Waals surface area contributed by atoms with Gasteiger partial charge in [-0.1, -0.05) is 19.1 Å². The summed E-state index contributed by atoms with van der Waals surface area (Å²) in [7, 11) is 1.61. The van der Waals surface area contributed by atoms with Gasteiger partial charge in [0.15, 0.2) is 11.5 Å². The molecule has 3 nitrogen and oxygen atoms in total. The number of para-hydroxylation sites is 2. The summed E-state index contributed by atoms with van der Waals surface area (Å²) < 4.78 is 10.6. The minimum Gasteiger partial charge on any atom is -0.493 e. The van der Waals surface area contributed by atoms with E-state index in [9.17, 15) is 0 Å². The highest BCUT2D eigenvalue weighted by Gasteiger charge is 2.05. The first kappa shape index (κ1) is 10.9. The molecule has 3 heteroatoms. The maximum atomic E-state index is 8.83. The Balaban J connectivity index is 2.57. The van der Waals surface area contributed by atoms with Crippen LogP contribution in [-0.4, -0.2) is 25.4 Å². The maximum Gasteiger partial charge on any atom is 0.161 e. The first-order valence-corrected chi connectivity index (χ1v) is 4.64. The Labute approximate surface area is 84.3 Å². The molecule has 0 aliphatic rings. The molecule has 0 aromatic heterocycles. The Kier molecular flexibility index (Phi) is 4.26. The summed E-state index contributed by atoms with van der Waals surface area (Å²) in [5.74, 6) is 1.58. The van der Waals surface area contributed by atoms with E-state index in [1.165, 1.54) is 0 Å². The predicted octanol–water partition coefficient (Wildman–Crippen LogP) is 1.70. The summed E-state index contributed by atoms with van der Waals surface area (Å²) >= 11 is 0. The summed E-state index contributed by atoms with van der Waals surface area (Å²) in [6, 6.07) is 7.48. The van der Waals surface area contributed by atoms with Crippen LogP contribution in [0.3, 0.4) is 0 Å². The van der Waals surface area contributed by atoms with E-state index in [0.717, 1.165) is 11.5 Å². The number of methoxy groups -OCH3 is 1. The minimum absolute atomic E-state index is 0.134. The zero-order chi connectivity index (χ0) is 10.4. The highest BCUT2D eigenvalue weighted by atomic mass is 16.5. The fraction of sp³-hybridized carbons (Fsp3) is 0.455. The topological polar surface area (TPSA) is 38.7 Å². The summed E-state index contributed by atoms with van der Waals surface area (Å²) in [5, 5.41) is 8.83. The van der Waals surface area contributed by atoms with Gasteiger partial charge in [-0.15, -0.1) is 0 Å². The third-order valence-corrected chi connectivity index (χ3v) is 1.90. The van der Waals surface area contributed by atoms with Crippen LogP contribution in [0, 0.1) is 5.92 Å². The predicted molar refractivity (Wildman–Crippen MR) is 54.7 cm³/mol. The molecule has 0 saturated carbocycles. The second-order valence-electron chi connectivity index (χ2n) is 3.25. The Hall–Kier alpha value is -1.22. The van der Waals surface area contributed by atoms with Gasteiger partial charge in [0.2, 0.25) is 0 Å². The number of hydrogen-bond donors (Lipinski definition) is 1. The summed E-state index contributed by atoms with van der Waals surface area (Å²) in [6.45, 7) is 2.56. The van der Waals surface area contributed by atoms with E-state index in [1.54, 1.807) is 7.11 Å². The van der Waals surface area contributed by atoms with E-state index < -0.39 is 0 Å². The van der Waals surface area contributed by atoms with Crippen molar-refractivity contribution in [2.24, 2.45) is 5.92 Å². The zero-order valence-electron chi connectivity index (χ0n) is 8.56. The van der Waals surface area contributed by atoms with Crippen molar-refractivity contribution < 1.29 is 14.6 Å². The van der Waals surface area contributed by atoms with Crippen LogP contribution in [0.2, 0.25) is 0 Å². The van der Waals surface area contributed by atoms with E-state index in [4.69, 9.17) is 14.6 Å². The number of hydrogen-bond acceptors (Lipinski definition) is 3. The molecular formula is C11H16O3. The van der Waals surface area contributed by atoms with Gasteiger partial charge >= 0.3 is 0 Å². The van der Waals surface area contributed by atoms with Crippen molar-refractivity contribution in [3.05, 3.63) is 24.3 Å². The Bertz CT molecular complexity index is 273. The minimum atomic E-state index is 0.134. The number of aliphatic hydroxyl groups is 1. The SMILES string of the molecule is COc1ccccc1OCC(C)CO. The van der Waals surface area contributed by atoms with Crippen LogP contribution in [0.15, 0.2) is 24.3 Å². The first-order chi connectivity index (χ1) is 6.77. The molecule has 0 spiro atoms. The van der Waals surface area contributed by atoms with Crippen molar-refractivity contribution in [1.29, 1.82) is 0 Å². The molecule has 1 unspecified atom stereocenters. The largest absolute Gasteiger partial charge is 0.493 e. The maximum absolute atomic E-state index is 8.83. The molecule has 0 amide bonds. The molecule has 0 fully saturated rings. The van der Waals surface area contributed by atoms with Gasteiger partial charge in [0.05, 0.1) is 13.7 Å². The van der Waals surface area contributed by atoms with Gasteiger partial charge in [-0.05, 0) is 12.1 Å². The summed E-state index contributed by atoms with van der Waals surface area (Å²) in [5.41, 5.74) is 0. The third kappa shape index (κ3) is 2.92. The van der Waals surface area contributed by atoms with Gasteiger partial charge in [0.25, 0.3) is 0 Å². The lowest BCUT2D eigenvalue weighted by Gasteiger charge is -2.12. The molecule has 0 aliphatic carbocycles. The van der Waals surface area contributed by atoms with Crippen molar-refractivity contribution >= 4 is 0 Å². The van der Waals surface area contributed by atoms with Crippen LogP contribution >= 0.6 is 0 Å². The fourth-order valence-electron chi connectivity index (χ4n) is 1.02. The normalized spacial score (nSPS) is 12.2. The molecule has 0 aliphatic heterocycles. The van der Waals surface area contributed by atoms with Gasteiger partial charge in [0, 0.05) is 12.5 Å². The molecule has 0 heterocycles. The quantitative estimate of drug-likeness (QED) is 0.779. The second-order valence-corrected chi connectivity index (χ2v) is 3.25. The molecule has 1 N–H and O–H groups in total. The smallest absolute Gasteiger partial charge is 0.161 e. The number of ether oxygens (including phenoxy) is 2. The van der Waals surface area contributed by atoms with Gasteiger partial charge in [-0.3, -0.25) is 0 Å². The lowest BCUT2D eigenvalue weighted by Crippen LogP contribution is -2.12. The molecule has 0 saturated heterocycles. The molecule has 14 heavy (non-hydrogen) atoms. The van der Waals surface area contributed by atoms with E-state index >= 15 is 0 Å². The number of rotatable bonds is 5. The van der Waals surface area contributed by atoms with Gasteiger partial charge in [-0.25, -0.2) is 0 Å². The molecule has 78 valence electrons. The third-order valence-electron chi connectivity index (χ3n) is 1.90. The molecule has 1 aromatic carbocycles. The second kappa shape index (κ2) is 5.50. The van der Waals surface area contributed by atoms with E-state index in [2.05, 4.69) is 0 Å². The van der Waals surface area contributed by atoms with Crippen molar-refractivity contribution in [2.75, 3.05) is 20.3 Å². The van der Waals surface area contributed by atoms with Crippen LogP contribution in [0.25, 0.3) is 0 Å². The van der Waals surface area contributed by atoms with Crippen molar-refractivity contribution in [2.45, 2.75) is 6.92 Å². The average Bonchev–Trinajstić information content (AvgIpc) is 2.26. The van der Waals surface area contributed by atoms with Crippen LogP contribution in [0.4, 0.5) is 0 Å². The van der Waals surface area contributed by atoms with Crippen molar-refractivity contribution in [3.8, 4) is 11.5 Å². The van der Waals surface area contributed by atoms with Crippen molar-refractivity contribution in [3.63, 3.8) is 0 Å². The number of benzene rings is 1.